The number of allylic oxidation sites excluding steroid dienone is 2. The lowest BCUT2D eigenvalue weighted by molar-refractivity contribution is -0.150. The number of carbonyl (C=O) groups excluding carboxylic acids is 3. The third kappa shape index (κ3) is 8.37. The number of aliphatic hydroxyl groups is 1. The summed E-state index contributed by atoms with van der Waals surface area (Å²) >= 11 is 0. The zero-order valence-corrected chi connectivity index (χ0v) is 20.1. The van der Waals surface area contributed by atoms with E-state index in [2.05, 4.69) is 10.6 Å². The maximum atomic E-state index is 13.2. The summed E-state index contributed by atoms with van der Waals surface area (Å²) in [4.78, 5) is 38.6. The second-order valence-electron chi connectivity index (χ2n) is 8.98. The fourth-order valence-electron chi connectivity index (χ4n) is 4.05. The molecule has 7 nitrogen and oxygen atoms in total. The Labute approximate surface area is 206 Å². The van der Waals surface area contributed by atoms with Crippen molar-refractivity contribution in [2.75, 3.05) is 13.2 Å². The molecule has 2 aromatic carbocycles. The van der Waals surface area contributed by atoms with Gasteiger partial charge in [-0.05, 0) is 37.3 Å². The Bertz CT molecular complexity index is 993. The number of hydrogen-bond donors (Lipinski definition) is 3. The highest BCUT2D eigenvalue weighted by molar-refractivity contribution is 5.86. The summed E-state index contributed by atoms with van der Waals surface area (Å²) in [7, 11) is 0. The van der Waals surface area contributed by atoms with E-state index in [1.54, 1.807) is 6.92 Å². The largest absolute Gasteiger partial charge is 0.463 e. The molecule has 1 heterocycles. The molecular weight excluding hydrogens is 444 g/mol. The van der Waals surface area contributed by atoms with Crippen LogP contribution in [-0.2, 0) is 25.5 Å². The molecular formula is C28H34N2O5. The highest BCUT2D eigenvalue weighted by atomic mass is 16.5. The minimum Gasteiger partial charge on any atom is -0.463 e. The molecule has 0 bridgehead atoms. The molecule has 0 aromatic heterocycles. The van der Waals surface area contributed by atoms with Crippen LogP contribution in [0.4, 0.5) is 0 Å². The van der Waals surface area contributed by atoms with Crippen LogP contribution in [0.25, 0.3) is 0 Å². The molecule has 3 N–H and O–H groups in total. The molecule has 2 amide bonds. The van der Waals surface area contributed by atoms with Gasteiger partial charge in [0.1, 0.15) is 6.61 Å². The Morgan fingerprint density at radius 1 is 1.03 bits per heavy atom. The number of carbonyl (C=O) groups is 3. The third-order valence-corrected chi connectivity index (χ3v) is 6.06. The minimum atomic E-state index is -0.592. The van der Waals surface area contributed by atoms with Gasteiger partial charge in [-0.2, -0.15) is 0 Å². The second-order valence-corrected chi connectivity index (χ2v) is 8.98. The van der Waals surface area contributed by atoms with Crippen LogP contribution < -0.4 is 10.6 Å². The van der Waals surface area contributed by atoms with Gasteiger partial charge >= 0.3 is 5.97 Å². The Morgan fingerprint density at radius 3 is 2.31 bits per heavy atom. The number of aliphatic hydroxyl groups excluding tert-OH is 1. The van der Waals surface area contributed by atoms with Crippen molar-refractivity contribution in [1.29, 1.82) is 0 Å². The fraction of sp³-hybridized carbons (Fsp3) is 0.393. The third-order valence-electron chi connectivity index (χ3n) is 6.06. The van der Waals surface area contributed by atoms with E-state index < -0.39 is 12.0 Å². The Balaban J connectivity index is 1.81. The Morgan fingerprint density at radius 2 is 1.66 bits per heavy atom. The van der Waals surface area contributed by atoms with Gasteiger partial charge in [-0.3, -0.25) is 14.4 Å². The highest BCUT2D eigenvalue weighted by Crippen LogP contribution is 2.21. The summed E-state index contributed by atoms with van der Waals surface area (Å²) in [6, 6.07) is 18.2. The van der Waals surface area contributed by atoms with Gasteiger partial charge in [0.05, 0.1) is 24.5 Å². The van der Waals surface area contributed by atoms with Gasteiger partial charge < -0.3 is 20.5 Å². The molecule has 0 saturated carbocycles. The van der Waals surface area contributed by atoms with Crippen molar-refractivity contribution >= 4 is 17.8 Å². The van der Waals surface area contributed by atoms with Crippen molar-refractivity contribution in [1.82, 2.24) is 10.6 Å². The van der Waals surface area contributed by atoms with E-state index in [0.717, 1.165) is 11.1 Å². The fourth-order valence-corrected chi connectivity index (χ4v) is 4.05. The summed E-state index contributed by atoms with van der Waals surface area (Å²) in [6.45, 7) is 1.53. The number of hydrogen-bond acceptors (Lipinski definition) is 5. The van der Waals surface area contributed by atoms with E-state index in [1.807, 2.05) is 72.8 Å². The van der Waals surface area contributed by atoms with Gasteiger partial charge in [0.15, 0.2) is 0 Å². The van der Waals surface area contributed by atoms with Gasteiger partial charge in [-0.15, -0.1) is 0 Å². The van der Waals surface area contributed by atoms with Crippen LogP contribution in [0.5, 0.6) is 0 Å². The van der Waals surface area contributed by atoms with Gasteiger partial charge in [0.25, 0.3) is 0 Å². The lowest BCUT2D eigenvalue weighted by atomic mass is 9.94. The molecule has 0 saturated heterocycles. The van der Waals surface area contributed by atoms with E-state index in [0.29, 0.717) is 19.3 Å². The van der Waals surface area contributed by atoms with Crippen LogP contribution in [0, 0.1) is 11.8 Å². The minimum absolute atomic E-state index is 0.00402. The molecule has 0 aliphatic carbocycles. The SMILES string of the molecule is CC(CO)NC(=O)CC1CC=CCC(Cc2ccccc2)C(=O)OCC(c2ccccc2)NC1=O. The number of cyclic esters (lactones) is 1. The first-order valence-corrected chi connectivity index (χ1v) is 12.1. The van der Waals surface area contributed by atoms with Crippen LogP contribution in [0.15, 0.2) is 72.8 Å². The molecule has 0 spiro atoms. The standard InChI is InChI=1S/C28H34N2O5/c1-20(18-31)29-26(32)17-23-14-8-9-15-24(16-21-10-4-2-5-11-21)28(34)35-19-25(30-27(23)33)22-12-6-3-7-13-22/h2-13,20,23-25,31H,14-19H2,1H3,(H,29,32)(H,30,33). The zero-order chi connectivity index (χ0) is 25.0. The van der Waals surface area contributed by atoms with Crippen LogP contribution in [0.1, 0.15) is 43.4 Å². The summed E-state index contributed by atoms with van der Waals surface area (Å²) in [5, 5.41) is 14.9. The molecule has 35 heavy (non-hydrogen) atoms. The Hall–Kier alpha value is -3.45. The predicted octanol–water partition coefficient (Wildman–Crippen LogP) is 3.10. The monoisotopic (exact) mass is 478 g/mol. The van der Waals surface area contributed by atoms with Crippen molar-refractivity contribution < 1.29 is 24.2 Å². The second kappa shape index (κ2) is 13.4. The first kappa shape index (κ1) is 26.2. The number of nitrogens with one attached hydrogen (secondary N) is 2. The molecule has 1 aliphatic heterocycles. The number of rotatable bonds is 7. The van der Waals surface area contributed by atoms with E-state index in [1.165, 1.54) is 0 Å². The highest BCUT2D eigenvalue weighted by Gasteiger charge is 2.27. The molecule has 1 aliphatic rings. The van der Waals surface area contributed by atoms with E-state index in [4.69, 9.17) is 4.74 Å². The lowest BCUT2D eigenvalue weighted by Crippen LogP contribution is -2.41. The number of benzene rings is 2. The average molecular weight is 479 g/mol. The summed E-state index contributed by atoms with van der Waals surface area (Å²) in [6.07, 6.45) is 5.14. The van der Waals surface area contributed by atoms with E-state index >= 15 is 0 Å². The van der Waals surface area contributed by atoms with Crippen molar-refractivity contribution in [3.8, 4) is 0 Å². The topological polar surface area (TPSA) is 105 Å². The van der Waals surface area contributed by atoms with E-state index in [-0.39, 0.29) is 49.4 Å². The Kier molecular flexibility index (Phi) is 10.0. The van der Waals surface area contributed by atoms with Crippen LogP contribution in [0.2, 0.25) is 0 Å². The molecule has 7 heteroatoms. The number of esters is 1. The quantitative estimate of drug-likeness (QED) is 0.419. The summed E-state index contributed by atoms with van der Waals surface area (Å²) in [5.41, 5.74) is 1.87. The predicted molar refractivity (Wildman–Crippen MR) is 133 cm³/mol. The molecule has 4 unspecified atom stereocenters. The van der Waals surface area contributed by atoms with Gasteiger partial charge in [0.2, 0.25) is 11.8 Å². The maximum absolute atomic E-state index is 13.2. The van der Waals surface area contributed by atoms with Gasteiger partial charge in [0, 0.05) is 12.5 Å². The van der Waals surface area contributed by atoms with Gasteiger partial charge in [-0.25, -0.2) is 0 Å². The molecule has 2 aromatic rings. The average Bonchev–Trinajstić information content (AvgIpc) is 2.87. The summed E-state index contributed by atoms with van der Waals surface area (Å²) in [5.74, 6) is -1.83. The van der Waals surface area contributed by atoms with Crippen molar-refractivity contribution in [3.63, 3.8) is 0 Å². The lowest BCUT2D eigenvalue weighted by Gasteiger charge is -2.24. The first-order valence-electron chi connectivity index (χ1n) is 12.1. The smallest absolute Gasteiger partial charge is 0.309 e. The molecule has 0 fully saturated rings. The number of amides is 2. The van der Waals surface area contributed by atoms with E-state index in [9.17, 15) is 19.5 Å². The maximum Gasteiger partial charge on any atom is 0.309 e. The number of ether oxygens (including phenoxy) is 1. The molecule has 0 radical (unpaired) electrons. The molecule has 3 rings (SSSR count). The summed E-state index contributed by atoms with van der Waals surface area (Å²) < 4.78 is 5.70. The van der Waals surface area contributed by atoms with Crippen molar-refractivity contribution in [3.05, 3.63) is 83.9 Å². The normalized spacial score (nSPS) is 22.2. The van der Waals surface area contributed by atoms with Crippen LogP contribution in [-0.4, -0.2) is 42.1 Å². The first-order chi connectivity index (χ1) is 17.0. The van der Waals surface area contributed by atoms with Crippen LogP contribution >= 0.6 is 0 Å². The molecule has 186 valence electrons. The van der Waals surface area contributed by atoms with Crippen LogP contribution in [0.3, 0.4) is 0 Å². The van der Waals surface area contributed by atoms with Crippen molar-refractivity contribution in [2.45, 2.75) is 44.7 Å². The van der Waals surface area contributed by atoms with Gasteiger partial charge in [-0.1, -0.05) is 72.8 Å². The van der Waals surface area contributed by atoms with Crippen molar-refractivity contribution in [2.24, 2.45) is 11.8 Å². The molecule has 4 atom stereocenters. The zero-order valence-electron chi connectivity index (χ0n) is 20.1.